The molecular formula is C22H24ClN3O2. The number of aryl methyl sites for hydroxylation is 1. The van der Waals surface area contributed by atoms with Gasteiger partial charge in [-0.25, -0.2) is 0 Å². The molecule has 0 saturated heterocycles. The van der Waals surface area contributed by atoms with Gasteiger partial charge in [0.1, 0.15) is 0 Å². The molecule has 28 heavy (non-hydrogen) atoms. The van der Waals surface area contributed by atoms with Crippen LogP contribution in [0.15, 0.2) is 53.1 Å². The van der Waals surface area contributed by atoms with E-state index in [1.165, 1.54) is 5.56 Å². The Morgan fingerprint density at radius 3 is 2.57 bits per heavy atom. The van der Waals surface area contributed by atoms with E-state index in [4.69, 9.17) is 16.1 Å². The van der Waals surface area contributed by atoms with Crippen LogP contribution in [0.2, 0.25) is 5.02 Å². The number of hydrogen-bond donors (Lipinski definition) is 0. The van der Waals surface area contributed by atoms with Crippen molar-refractivity contribution in [3.63, 3.8) is 0 Å². The van der Waals surface area contributed by atoms with Gasteiger partial charge >= 0.3 is 0 Å². The van der Waals surface area contributed by atoms with Gasteiger partial charge < -0.3 is 9.42 Å². The molecule has 1 heterocycles. The number of carbonyl (C=O) groups is 1. The van der Waals surface area contributed by atoms with Gasteiger partial charge in [0.05, 0.1) is 10.6 Å². The zero-order valence-corrected chi connectivity index (χ0v) is 17.1. The molecule has 0 aliphatic carbocycles. The summed E-state index contributed by atoms with van der Waals surface area (Å²) < 4.78 is 5.40. The molecular weight excluding hydrogens is 374 g/mol. The van der Waals surface area contributed by atoms with Crippen molar-refractivity contribution in [2.24, 2.45) is 0 Å². The van der Waals surface area contributed by atoms with Crippen LogP contribution in [0.5, 0.6) is 0 Å². The average Bonchev–Trinajstić information content (AvgIpc) is 3.17. The Balaban J connectivity index is 1.73. The number of hydrogen-bond acceptors (Lipinski definition) is 4. The van der Waals surface area contributed by atoms with E-state index >= 15 is 0 Å². The molecule has 2 aromatic carbocycles. The average molecular weight is 398 g/mol. The van der Waals surface area contributed by atoms with Crippen LogP contribution in [-0.2, 0) is 6.42 Å². The summed E-state index contributed by atoms with van der Waals surface area (Å²) in [4.78, 5) is 19.3. The third kappa shape index (κ3) is 4.60. The van der Waals surface area contributed by atoms with Crippen LogP contribution in [0.1, 0.15) is 42.1 Å². The van der Waals surface area contributed by atoms with Gasteiger partial charge in [0, 0.05) is 24.6 Å². The molecule has 1 amide bonds. The molecule has 0 aliphatic heterocycles. The Kier molecular flexibility index (Phi) is 6.47. The highest BCUT2D eigenvalue weighted by atomic mass is 35.5. The van der Waals surface area contributed by atoms with E-state index < -0.39 is 0 Å². The monoisotopic (exact) mass is 397 g/mol. The van der Waals surface area contributed by atoms with Gasteiger partial charge in [-0.3, -0.25) is 4.79 Å². The maximum absolute atomic E-state index is 13.0. The van der Waals surface area contributed by atoms with Gasteiger partial charge in [-0.2, -0.15) is 4.98 Å². The number of rotatable bonds is 7. The van der Waals surface area contributed by atoms with Crippen LogP contribution >= 0.6 is 11.6 Å². The number of halogens is 1. The predicted molar refractivity (Wildman–Crippen MR) is 110 cm³/mol. The molecule has 1 aromatic heterocycles. The molecule has 146 valence electrons. The summed E-state index contributed by atoms with van der Waals surface area (Å²) in [5.41, 5.74) is 2.59. The second kappa shape index (κ2) is 9.02. The molecule has 3 aromatic rings. The third-order valence-electron chi connectivity index (χ3n) is 4.83. The smallest absolute Gasteiger partial charge is 0.255 e. The standard InChI is InChI=1S/C22H24ClN3O2/c1-4-16(3)26(22(27)18-7-5-6-8-19(18)23)14-13-20-24-21(25-28-20)17-11-9-15(2)10-12-17/h5-12,16H,4,13-14H2,1-3H3/t16-/m1/s1. The van der Waals surface area contributed by atoms with E-state index in [2.05, 4.69) is 17.1 Å². The first-order valence-electron chi connectivity index (χ1n) is 9.44. The van der Waals surface area contributed by atoms with Gasteiger partial charge in [-0.15, -0.1) is 0 Å². The van der Waals surface area contributed by atoms with Crippen molar-refractivity contribution in [3.8, 4) is 11.4 Å². The lowest BCUT2D eigenvalue weighted by Crippen LogP contribution is -2.40. The normalized spacial score (nSPS) is 12.0. The summed E-state index contributed by atoms with van der Waals surface area (Å²) in [6.07, 6.45) is 1.33. The first-order valence-corrected chi connectivity index (χ1v) is 9.82. The fraction of sp³-hybridized carbons (Fsp3) is 0.318. The van der Waals surface area contributed by atoms with E-state index in [-0.39, 0.29) is 11.9 Å². The molecule has 0 unspecified atom stereocenters. The zero-order valence-electron chi connectivity index (χ0n) is 16.4. The summed E-state index contributed by atoms with van der Waals surface area (Å²) in [5.74, 6) is 0.983. The molecule has 0 fully saturated rings. The van der Waals surface area contributed by atoms with Crippen LogP contribution in [0, 0.1) is 6.92 Å². The van der Waals surface area contributed by atoms with Crippen LogP contribution < -0.4 is 0 Å². The lowest BCUT2D eigenvalue weighted by Gasteiger charge is -2.28. The van der Waals surface area contributed by atoms with Crippen molar-refractivity contribution in [2.75, 3.05) is 6.54 Å². The molecule has 0 saturated carbocycles. The van der Waals surface area contributed by atoms with Crippen molar-refractivity contribution < 1.29 is 9.32 Å². The molecule has 5 nitrogen and oxygen atoms in total. The molecule has 1 atom stereocenters. The van der Waals surface area contributed by atoms with Crippen LogP contribution in [0.4, 0.5) is 0 Å². The highest BCUT2D eigenvalue weighted by Gasteiger charge is 2.23. The van der Waals surface area contributed by atoms with Crippen LogP contribution in [0.3, 0.4) is 0 Å². The maximum Gasteiger partial charge on any atom is 0.255 e. The molecule has 0 bridgehead atoms. The molecule has 6 heteroatoms. The topological polar surface area (TPSA) is 59.2 Å². The molecule has 0 N–H and O–H groups in total. The van der Waals surface area contributed by atoms with Gasteiger partial charge in [-0.05, 0) is 32.4 Å². The highest BCUT2D eigenvalue weighted by Crippen LogP contribution is 2.20. The zero-order chi connectivity index (χ0) is 20.1. The first kappa shape index (κ1) is 20.1. The van der Waals surface area contributed by atoms with Gasteiger partial charge in [0.25, 0.3) is 5.91 Å². The second-order valence-electron chi connectivity index (χ2n) is 6.86. The summed E-state index contributed by atoms with van der Waals surface area (Å²) in [7, 11) is 0. The van der Waals surface area contributed by atoms with E-state index in [0.29, 0.717) is 35.3 Å². The Labute approximate surface area is 170 Å². The summed E-state index contributed by atoms with van der Waals surface area (Å²) >= 11 is 6.22. The van der Waals surface area contributed by atoms with Gasteiger partial charge in [0.15, 0.2) is 0 Å². The van der Waals surface area contributed by atoms with E-state index in [0.717, 1.165) is 12.0 Å². The number of carbonyl (C=O) groups excluding carboxylic acids is 1. The van der Waals surface area contributed by atoms with Crippen molar-refractivity contribution in [2.45, 2.75) is 39.7 Å². The maximum atomic E-state index is 13.0. The fourth-order valence-electron chi connectivity index (χ4n) is 2.92. The predicted octanol–water partition coefficient (Wildman–Crippen LogP) is 5.18. The van der Waals surface area contributed by atoms with Crippen molar-refractivity contribution in [1.29, 1.82) is 0 Å². The van der Waals surface area contributed by atoms with Crippen LogP contribution in [-0.4, -0.2) is 33.5 Å². The largest absolute Gasteiger partial charge is 0.339 e. The molecule has 0 aliphatic rings. The van der Waals surface area contributed by atoms with Crippen molar-refractivity contribution >= 4 is 17.5 Å². The summed E-state index contributed by atoms with van der Waals surface area (Å²) in [6.45, 7) is 6.60. The Hall–Kier alpha value is -2.66. The quantitative estimate of drug-likeness (QED) is 0.551. The molecule has 0 radical (unpaired) electrons. The lowest BCUT2D eigenvalue weighted by atomic mass is 10.1. The number of nitrogens with zero attached hydrogens (tertiary/aromatic N) is 3. The number of aromatic nitrogens is 2. The van der Waals surface area contributed by atoms with Gasteiger partial charge in [0.2, 0.25) is 11.7 Å². The van der Waals surface area contributed by atoms with Crippen molar-refractivity contribution in [3.05, 3.63) is 70.6 Å². The minimum absolute atomic E-state index is 0.0725. The van der Waals surface area contributed by atoms with Gasteiger partial charge in [-0.1, -0.05) is 65.6 Å². The Bertz CT molecular complexity index is 937. The third-order valence-corrected chi connectivity index (χ3v) is 5.16. The first-order chi connectivity index (χ1) is 13.5. The lowest BCUT2D eigenvalue weighted by molar-refractivity contribution is 0.0686. The number of benzene rings is 2. The Morgan fingerprint density at radius 2 is 1.89 bits per heavy atom. The second-order valence-corrected chi connectivity index (χ2v) is 7.27. The van der Waals surface area contributed by atoms with Crippen LogP contribution in [0.25, 0.3) is 11.4 Å². The fourth-order valence-corrected chi connectivity index (χ4v) is 3.14. The Morgan fingerprint density at radius 1 is 1.18 bits per heavy atom. The van der Waals surface area contributed by atoms with Crippen molar-refractivity contribution in [1.82, 2.24) is 15.0 Å². The molecule has 0 spiro atoms. The molecule has 3 rings (SSSR count). The highest BCUT2D eigenvalue weighted by molar-refractivity contribution is 6.33. The minimum atomic E-state index is -0.0850. The summed E-state index contributed by atoms with van der Waals surface area (Å²) in [5, 5.41) is 4.52. The number of amides is 1. The van der Waals surface area contributed by atoms with E-state index in [1.54, 1.807) is 12.1 Å². The summed E-state index contributed by atoms with van der Waals surface area (Å²) in [6, 6.07) is 15.2. The minimum Gasteiger partial charge on any atom is -0.339 e. The van der Waals surface area contributed by atoms with E-state index in [9.17, 15) is 4.79 Å². The van der Waals surface area contributed by atoms with E-state index in [1.807, 2.05) is 55.1 Å². The SMILES string of the molecule is CC[C@@H](C)N(CCc1nc(-c2ccc(C)cc2)no1)C(=O)c1ccccc1Cl.